The van der Waals surface area contributed by atoms with Crippen LogP contribution in [0.1, 0.15) is 18.1 Å². The largest absolute Gasteiger partial charge is 0.396 e. The summed E-state index contributed by atoms with van der Waals surface area (Å²) in [6.45, 7) is -0.0945. The van der Waals surface area contributed by atoms with Gasteiger partial charge in [-0.05, 0) is 12.1 Å². The van der Waals surface area contributed by atoms with Gasteiger partial charge in [-0.3, -0.25) is 0 Å². The maximum absolute atomic E-state index is 9.55. The number of rotatable bonds is 3. The Hall–Kier alpha value is -0.280. The van der Waals surface area contributed by atoms with Crippen molar-refractivity contribution in [1.29, 1.82) is 0 Å². The fourth-order valence-corrected chi connectivity index (χ4v) is 1.75. The Morgan fingerprint density at radius 2 is 1.77 bits per heavy atom. The van der Waals surface area contributed by atoms with E-state index in [2.05, 4.69) is 0 Å². The molecule has 0 fully saturated rings. The second-order valence-electron chi connectivity index (χ2n) is 2.66. The maximum atomic E-state index is 9.55. The molecular weight excluding hydrogens is 211 g/mol. The molecule has 1 atom stereocenters. The van der Waals surface area contributed by atoms with E-state index >= 15 is 0 Å². The lowest BCUT2D eigenvalue weighted by Crippen LogP contribution is -2.01. The van der Waals surface area contributed by atoms with E-state index in [9.17, 15) is 5.11 Å². The molecule has 0 amide bonds. The zero-order valence-electron chi connectivity index (χ0n) is 6.87. The van der Waals surface area contributed by atoms with Crippen LogP contribution in [-0.2, 0) is 0 Å². The third-order valence-electron chi connectivity index (χ3n) is 1.74. The molecule has 13 heavy (non-hydrogen) atoms. The minimum absolute atomic E-state index is 0.0945. The van der Waals surface area contributed by atoms with Crippen molar-refractivity contribution in [2.75, 3.05) is 6.61 Å². The number of hydrogen-bond donors (Lipinski definition) is 2. The first kappa shape index (κ1) is 10.8. The molecule has 0 heterocycles. The standard InChI is InChI=1S/C9H10Cl2O2/c10-6-2-1-3-7(11)9(6)8(13)4-5-12/h1-3,8,12-13H,4-5H2/t8-/m1/s1. The van der Waals surface area contributed by atoms with Gasteiger partial charge in [-0.15, -0.1) is 0 Å². The Kier molecular flexibility index (Phi) is 4.00. The van der Waals surface area contributed by atoms with Crippen molar-refractivity contribution >= 4 is 23.2 Å². The SMILES string of the molecule is OCC[C@@H](O)c1c(Cl)cccc1Cl. The molecule has 0 spiro atoms. The molecule has 2 nitrogen and oxygen atoms in total. The molecule has 1 aromatic carbocycles. The summed E-state index contributed by atoms with van der Waals surface area (Å²) in [6.07, 6.45) is -0.560. The van der Waals surface area contributed by atoms with Gasteiger partial charge in [-0.1, -0.05) is 29.3 Å². The van der Waals surface area contributed by atoms with Crippen molar-refractivity contribution in [2.24, 2.45) is 0 Å². The van der Waals surface area contributed by atoms with Crippen LogP contribution in [0.4, 0.5) is 0 Å². The Morgan fingerprint density at radius 1 is 1.23 bits per heavy atom. The number of benzene rings is 1. The van der Waals surface area contributed by atoms with E-state index in [4.69, 9.17) is 28.3 Å². The maximum Gasteiger partial charge on any atom is 0.0840 e. The Balaban J connectivity index is 2.98. The van der Waals surface area contributed by atoms with Gasteiger partial charge in [0.25, 0.3) is 0 Å². The second kappa shape index (κ2) is 4.82. The van der Waals surface area contributed by atoms with Crippen molar-refractivity contribution in [3.05, 3.63) is 33.8 Å². The molecule has 72 valence electrons. The molecule has 0 bridgehead atoms. The molecule has 1 rings (SSSR count). The van der Waals surface area contributed by atoms with Crippen LogP contribution in [-0.4, -0.2) is 16.8 Å². The minimum atomic E-state index is -0.800. The molecule has 2 N–H and O–H groups in total. The van der Waals surface area contributed by atoms with Gasteiger partial charge in [0.05, 0.1) is 6.10 Å². The fourth-order valence-electron chi connectivity index (χ4n) is 1.10. The molecule has 0 radical (unpaired) electrons. The van der Waals surface area contributed by atoms with Gasteiger partial charge in [0.15, 0.2) is 0 Å². The summed E-state index contributed by atoms with van der Waals surface area (Å²) in [5.41, 5.74) is 0.486. The summed E-state index contributed by atoms with van der Waals surface area (Å²) in [5, 5.41) is 19.0. The zero-order chi connectivity index (χ0) is 9.84. The minimum Gasteiger partial charge on any atom is -0.396 e. The van der Waals surface area contributed by atoms with E-state index in [0.717, 1.165) is 0 Å². The molecule has 0 aliphatic rings. The van der Waals surface area contributed by atoms with Crippen LogP contribution in [0.15, 0.2) is 18.2 Å². The normalized spacial score (nSPS) is 12.9. The van der Waals surface area contributed by atoms with Gasteiger partial charge in [-0.25, -0.2) is 0 Å². The lowest BCUT2D eigenvalue weighted by Gasteiger charge is -2.12. The van der Waals surface area contributed by atoms with Gasteiger partial charge in [0.1, 0.15) is 0 Å². The first-order valence-corrected chi connectivity index (χ1v) is 4.65. The Morgan fingerprint density at radius 3 is 2.23 bits per heavy atom. The number of hydrogen-bond acceptors (Lipinski definition) is 2. The molecule has 0 saturated heterocycles. The first-order chi connectivity index (χ1) is 6.16. The van der Waals surface area contributed by atoms with Gasteiger partial charge >= 0.3 is 0 Å². The summed E-state index contributed by atoms with van der Waals surface area (Å²) in [5.74, 6) is 0. The molecule has 0 unspecified atom stereocenters. The predicted molar refractivity (Wildman–Crippen MR) is 53.1 cm³/mol. The highest BCUT2D eigenvalue weighted by Gasteiger charge is 2.14. The molecule has 0 saturated carbocycles. The van der Waals surface area contributed by atoms with Crippen LogP contribution >= 0.6 is 23.2 Å². The molecular formula is C9H10Cl2O2. The molecule has 0 aliphatic heterocycles. The highest BCUT2D eigenvalue weighted by molar-refractivity contribution is 6.36. The molecule has 0 aliphatic carbocycles. The number of aliphatic hydroxyl groups is 2. The third kappa shape index (κ3) is 2.58. The number of aliphatic hydroxyl groups excluding tert-OH is 2. The van der Waals surface area contributed by atoms with Crippen LogP contribution < -0.4 is 0 Å². The van der Waals surface area contributed by atoms with Crippen LogP contribution in [0.3, 0.4) is 0 Å². The van der Waals surface area contributed by atoms with E-state index in [1.165, 1.54) is 0 Å². The van der Waals surface area contributed by atoms with E-state index in [0.29, 0.717) is 15.6 Å². The third-order valence-corrected chi connectivity index (χ3v) is 2.39. The summed E-state index contributed by atoms with van der Waals surface area (Å²) in [7, 11) is 0. The summed E-state index contributed by atoms with van der Waals surface area (Å²) in [4.78, 5) is 0. The smallest absolute Gasteiger partial charge is 0.0840 e. The average molecular weight is 221 g/mol. The molecule has 4 heteroatoms. The lowest BCUT2D eigenvalue weighted by atomic mass is 10.1. The van der Waals surface area contributed by atoms with E-state index in [1.807, 2.05) is 0 Å². The van der Waals surface area contributed by atoms with Gasteiger partial charge in [0, 0.05) is 28.6 Å². The van der Waals surface area contributed by atoms with Crippen molar-refractivity contribution in [3.8, 4) is 0 Å². The van der Waals surface area contributed by atoms with E-state index < -0.39 is 6.10 Å². The summed E-state index contributed by atoms with van der Waals surface area (Å²) < 4.78 is 0. The quantitative estimate of drug-likeness (QED) is 0.822. The van der Waals surface area contributed by atoms with Gasteiger partial charge in [0.2, 0.25) is 0 Å². The van der Waals surface area contributed by atoms with Crippen molar-refractivity contribution < 1.29 is 10.2 Å². The van der Waals surface area contributed by atoms with Crippen molar-refractivity contribution in [3.63, 3.8) is 0 Å². The Labute approximate surface area is 86.7 Å². The first-order valence-electron chi connectivity index (χ1n) is 3.89. The molecule has 1 aromatic rings. The molecule has 0 aromatic heterocycles. The summed E-state index contributed by atoms with van der Waals surface area (Å²) >= 11 is 11.7. The monoisotopic (exact) mass is 220 g/mol. The van der Waals surface area contributed by atoms with E-state index in [1.54, 1.807) is 18.2 Å². The topological polar surface area (TPSA) is 40.5 Å². The number of halogens is 2. The summed E-state index contributed by atoms with van der Waals surface area (Å²) in [6, 6.07) is 5.02. The van der Waals surface area contributed by atoms with Crippen molar-refractivity contribution in [1.82, 2.24) is 0 Å². The zero-order valence-corrected chi connectivity index (χ0v) is 8.39. The van der Waals surface area contributed by atoms with E-state index in [-0.39, 0.29) is 13.0 Å². The van der Waals surface area contributed by atoms with Crippen LogP contribution in [0.5, 0.6) is 0 Å². The van der Waals surface area contributed by atoms with Crippen LogP contribution in [0, 0.1) is 0 Å². The van der Waals surface area contributed by atoms with Gasteiger partial charge in [-0.2, -0.15) is 0 Å². The second-order valence-corrected chi connectivity index (χ2v) is 3.48. The predicted octanol–water partition coefficient (Wildman–Crippen LogP) is 2.41. The van der Waals surface area contributed by atoms with Crippen molar-refractivity contribution in [2.45, 2.75) is 12.5 Å². The lowest BCUT2D eigenvalue weighted by molar-refractivity contribution is 0.134. The van der Waals surface area contributed by atoms with Crippen LogP contribution in [0.25, 0.3) is 0 Å². The highest BCUT2D eigenvalue weighted by atomic mass is 35.5. The van der Waals surface area contributed by atoms with Gasteiger partial charge < -0.3 is 10.2 Å². The average Bonchev–Trinajstić information content (AvgIpc) is 2.04. The highest BCUT2D eigenvalue weighted by Crippen LogP contribution is 2.31. The Bertz CT molecular complexity index is 269. The van der Waals surface area contributed by atoms with Crippen LogP contribution in [0.2, 0.25) is 10.0 Å². The fraction of sp³-hybridized carbons (Fsp3) is 0.333.